The second-order valence-corrected chi connectivity index (χ2v) is 11.7. The van der Waals surface area contributed by atoms with Gasteiger partial charge in [-0.3, -0.25) is 4.98 Å². The van der Waals surface area contributed by atoms with Gasteiger partial charge < -0.3 is 8.94 Å². The third-order valence-electron chi connectivity index (χ3n) is 7.35. The van der Waals surface area contributed by atoms with Crippen molar-refractivity contribution >= 4 is 62.5 Å². The van der Waals surface area contributed by atoms with Crippen molar-refractivity contribution in [2.24, 2.45) is 0 Å². The molecule has 5 heteroatoms. The number of furan rings is 1. The maximum atomic E-state index is 6.61. The summed E-state index contributed by atoms with van der Waals surface area (Å²) in [5, 5.41) is 6.55. The summed E-state index contributed by atoms with van der Waals surface area (Å²) in [5.41, 5.74) is 5.46. The molecular weight excluding hydrogens is 523 g/mol. The number of para-hydroxylation sites is 1. The Bertz CT molecular complexity index is 2190. The van der Waals surface area contributed by atoms with E-state index < -0.39 is 8.15 Å². The van der Waals surface area contributed by atoms with E-state index in [0.29, 0.717) is 0 Å². The van der Waals surface area contributed by atoms with E-state index in [-0.39, 0.29) is 0 Å². The van der Waals surface area contributed by atoms with Gasteiger partial charge in [-0.2, -0.15) is 0 Å². The Hall–Kier alpha value is -5.05. The first-order chi connectivity index (χ1) is 20.3. The molecule has 8 aromatic rings. The van der Waals surface area contributed by atoms with Gasteiger partial charge in [-0.1, -0.05) is 72.8 Å². The molecule has 3 aromatic heterocycles. The lowest BCUT2D eigenvalue weighted by Crippen LogP contribution is -2.15. The van der Waals surface area contributed by atoms with Crippen molar-refractivity contribution in [2.45, 2.75) is 0 Å². The summed E-state index contributed by atoms with van der Waals surface area (Å²) in [5.74, 6) is 0.853. The van der Waals surface area contributed by atoms with E-state index in [1.807, 2.05) is 54.7 Å². The number of aromatic nitrogens is 2. The van der Waals surface area contributed by atoms with E-state index in [1.165, 1.54) is 0 Å². The van der Waals surface area contributed by atoms with Gasteiger partial charge in [0, 0.05) is 43.9 Å². The van der Waals surface area contributed by atoms with E-state index in [0.717, 1.165) is 71.4 Å². The summed E-state index contributed by atoms with van der Waals surface area (Å²) in [6.45, 7) is 0. The molecule has 0 N–H and O–H groups in total. The third kappa shape index (κ3) is 4.30. The molecule has 1 atom stereocenters. The van der Waals surface area contributed by atoms with E-state index in [4.69, 9.17) is 13.9 Å². The Kier molecular flexibility index (Phi) is 5.72. The average molecular weight is 547 g/mol. The molecule has 0 saturated carbocycles. The third-order valence-corrected chi connectivity index (χ3v) is 9.25. The minimum Gasteiger partial charge on any atom is -0.464 e. The lowest BCUT2D eigenvalue weighted by atomic mass is 10.0. The van der Waals surface area contributed by atoms with Crippen LogP contribution in [0.15, 0.2) is 144 Å². The summed E-state index contributed by atoms with van der Waals surface area (Å²) in [7, 11) is -1.09. The van der Waals surface area contributed by atoms with Crippen LogP contribution in [0, 0.1) is 0 Å². The molecule has 0 radical (unpaired) electrons. The number of pyridine rings is 2. The molecule has 0 saturated heterocycles. The van der Waals surface area contributed by atoms with Crippen molar-refractivity contribution in [1.82, 2.24) is 9.97 Å². The summed E-state index contributed by atoms with van der Waals surface area (Å²) >= 11 is 0. The molecule has 41 heavy (non-hydrogen) atoms. The van der Waals surface area contributed by atoms with Crippen molar-refractivity contribution < 1.29 is 8.94 Å². The molecule has 0 aliphatic rings. The second-order valence-electron chi connectivity index (χ2n) is 9.94. The fourth-order valence-electron chi connectivity index (χ4n) is 5.34. The maximum absolute atomic E-state index is 6.61. The quantitative estimate of drug-likeness (QED) is 0.160. The normalized spacial score (nSPS) is 12.3. The molecule has 0 bridgehead atoms. The first kappa shape index (κ1) is 23.8. The molecule has 0 fully saturated rings. The minimum atomic E-state index is -1.09. The number of rotatable bonds is 5. The van der Waals surface area contributed by atoms with E-state index in [9.17, 15) is 0 Å². The Morgan fingerprint density at radius 2 is 1.27 bits per heavy atom. The number of fused-ring (bicyclic) bond motifs is 6. The van der Waals surface area contributed by atoms with Crippen molar-refractivity contribution in [3.8, 4) is 17.0 Å². The topological polar surface area (TPSA) is 48.2 Å². The summed E-state index contributed by atoms with van der Waals surface area (Å²) in [6.07, 6.45) is 1.82. The zero-order valence-electron chi connectivity index (χ0n) is 21.9. The Balaban J connectivity index is 1.26. The van der Waals surface area contributed by atoms with Crippen molar-refractivity contribution in [1.29, 1.82) is 0 Å². The van der Waals surface area contributed by atoms with Gasteiger partial charge in [0.1, 0.15) is 16.9 Å². The fraction of sp³-hybridized carbons (Fsp3) is 0. The smallest absolute Gasteiger partial charge is 0.150 e. The highest BCUT2D eigenvalue weighted by Crippen LogP contribution is 2.39. The Labute approximate surface area is 237 Å². The highest BCUT2D eigenvalue weighted by molar-refractivity contribution is 7.68. The van der Waals surface area contributed by atoms with Crippen LogP contribution >= 0.6 is 8.15 Å². The van der Waals surface area contributed by atoms with Crippen molar-refractivity contribution in [3.63, 3.8) is 0 Å². The molecule has 8 rings (SSSR count). The zero-order chi connectivity index (χ0) is 27.2. The highest BCUT2D eigenvalue weighted by atomic mass is 31.1. The molecule has 5 aromatic carbocycles. The van der Waals surface area contributed by atoms with Gasteiger partial charge in [0.15, 0.2) is 8.15 Å². The van der Waals surface area contributed by atoms with Crippen LogP contribution in [-0.2, 0) is 0 Å². The number of nitrogens with zero attached hydrogens (tertiary/aromatic N) is 2. The highest BCUT2D eigenvalue weighted by Gasteiger charge is 2.19. The van der Waals surface area contributed by atoms with Crippen LogP contribution in [0.3, 0.4) is 0 Å². The molecule has 0 spiro atoms. The van der Waals surface area contributed by atoms with E-state index >= 15 is 0 Å². The van der Waals surface area contributed by atoms with E-state index in [2.05, 4.69) is 89.9 Å². The second kappa shape index (κ2) is 9.85. The number of hydrogen-bond donors (Lipinski definition) is 0. The molecule has 194 valence electrons. The molecule has 1 unspecified atom stereocenters. The predicted molar refractivity (Wildman–Crippen MR) is 169 cm³/mol. The molecule has 0 amide bonds. The monoisotopic (exact) mass is 546 g/mol. The molecule has 0 aliphatic heterocycles. The van der Waals surface area contributed by atoms with Crippen LogP contribution in [-0.4, -0.2) is 9.97 Å². The van der Waals surface area contributed by atoms with Crippen molar-refractivity contribution in [3.05, 3.63) is 140 Å². The predicted octanol–water partition coefficient (Wildman–Crippen LogP) is 8.78. The molecule has 4 nitrogen and oxygen atoms in total. The van der Waals surface area contributed by atoms with Gasteiger partial charge in [0.25, 0.3) is 0 Å². The van der Waals surface area contributed by atoms with Gasteiger partial charge in [-0.15, -0.1) is 0 Å². The Morgan fingerprint density at radius 3 is 2.10 bits per heavy atom. The molecule has 3 heterocycles. The number of benzene rings is 5. The van der Waals surface area contributed by atoms with Gasteiger partial charge in [-0.25, -0.2) is 4.98 Å². The SMILES string of the molecule is c1ccc(OP(c2ccccc2)c2ccc3oc4ccc(-c5ccc6ccc7cccnc7c6n5)cc4c3c2)cc1. The van der Waals surface area contributed by atoms with Crippen LogP contribution in [0.1, 0.15) is 0 Å². The van der Waals surface area contributed by atoms with Crippen LogP contribution in [0.4, 0.5) is 0 Å². The van der Waals surface area contributed by atoms with Crippen LogP contribution in [0.2, 0.25) is 0 Å². The largest absolute Gasteiger partial charge is 0.464 e. The summed E-state index contributed by atoms with van der Waals surface area (Å²) < 4.78 is 12.9. The molecular formula is C36H23N2O2P. The van der Waals surface area contributed by atoms with Crippen LogP contribution < -0.4 is 15.1 Å². The first-order valence-corrected chi connectivity index (χ1v) is 14.8. The Morgan fingerprint density at radius 1 is 0.561 bits per heavy atom. The standard InChI is InChI=1S/C36H23N2O2P/c1-3-9-27(10-4-1)40-41(28-11-5-2-6-12-28)29-17-20-34-31(23-29)30-22-26(16-19-33(30)39-34)32-18-15-25-14-13-24-8-7-21-37-35(24)36(25)38-32/h1-23H. The lowest BCUT2D eigenvalue weighted by Gasteiger charge is -2.19. The van der Waals surface area contributed by atoms with Crippen molar-refractivity contribution in [2.75, 3.05) is 0 Å². The first-order valence-electron chi connectivity index (χ1n) is 13.5. The summed E-state index contributed by atoms with van der Waals surface area (Å²) in [4.78, 5) is 9.69. The van der Waals surface area contributed by atoms with Crippen LogP contribution in [0.25, 0.3) is 55.0 Å². The number of hydrogen-bond acceptors (Lipinski definition) is 4. The zero-order valence-corrected chi connectivity index (χ0v) is 22.8. The van der Waals surface area contributed by atoms with Gasteiger partial charge in [0.05, 0.1) is 16.7 Å². The maximum Gasteiger partial charge on any atom is 0.150 e. The van der Waals surface area contributed by atoms with Crippen LogP contribution in [0.5, 0.6) is 5.75 Å². The van der Waals surface area contributed by atoms with Gasteiger partial charge in [0.2, 0.25) is 0 Å². The molecule has 0 aliphatic carbocycles. The lowest BCUT2D eigenvalue weighted by molar-refractivity contribution is 0.630. The average Bonchev–Trinajstić information content (AvgIpc) is 3.41. The fourth-order valence-corrected chi connectivity index (χ4v) is 7.08. The van der Waals surface area contributed by atoms with E-state index in [1.54, 1.807) is 0 Å². The minimum absolute atomic E-state index is 0.849. The van der Waals surface area contributed by atoms with Gasteiger partial charge in [-0.05, 0) is 60.7 Å². The van der Waals surface area contributed by atoms with Gasteiger partial charge >= 0.3 is 0 Å². The summed E-state index contributed by atoms with van der Waals surface area (Å²) in [6, 6.07) is 45.6.